The van der Waals surface area contributed by atoms with Crippen molar-refractivity contribution in [2.24, 2.45) is 5.92 Å². The first-order chi connectivity index (χ1) is 9.84. The lowest BCUT2D eigenvalue weighted by Gasteiger charge is -2.22. The van der Waals surface area contributed by atoms with Gasteiger partial charge in [0.25, 0.3) is 0 Å². The summed E-state index contributed by atoms with van der Waals surface area (Å²) in [6.45, 7) is 6.15. The molecule has 0 heterocycles. The summed E-state index contributed by atoms with van der Waals surface area (Å²) in [5, 5.41) is 0. The number of ether oxygens (including phenoxy) is 2. The molecule has 0 bridgehead atoms. The van der Waals surface area contributed by atoms with Gasteiger partial charge in [-0.15, -0.1) is 0 Å². The zero-order chi connectivity index (χ0) is 16.0. The van der Waals surface area contributed by atoms with Crippen molar-refractivity contribution >= 4 is 10.0 Å². The van der Waals surface area contributed by atoms with Crippen LogP contribution in [0.2, 0.25) is 0 Å². The average Bonchev–Trinajstić information content (AvgIpc) is 2.46. The minimum absolute atomic E-state index is 0.0751. The molecule has 1 N–H and O–H groups in total. The second-order valence-electron chi connectivity index (χ2n) is 5.22. The summed E-state index contributed by atoms with van der Waals surface area (Å²) in [6.07, 6.45) is 0. The van der Waals surface area contributed by atoms with Crippen LogP contribution in [-0.2, 0) is 10.0 Å². The second-order valence-corrected chi connectivity index (χ2v) is 7.31. The summed E-state index contributed by atoms with van der Waals surface area (Å²) >= 11 is 0. The molecule has 1 aromatic carbocycles. The van der Waals surface area contributed by atoms with Crippen LogP contribution in [0.5, 0.6) is 11.5 Å². The predicted octanol–water partition coefficient (Wildman–Crippen LogP) is 2.38. The molecule has 21 heavy (non-hydrogen) atoms. The van der Waals surface area contributed by atoms with Gasteiger partial charge in [0.05, 0.1) is 20.0 Å². The summed E-state index contributed by atoms with van der Waals surface area (Å²) in [4.78, 5) is 0. The van der Waals surface area contributed by atoms with Crippen LogP contribution in [0, 0.1) is 5.92 Å². The van der Waals surface area contributed by atoms with Crippen LogP contribution in [0.3, 0.4) is 0 Å². The Hall–Kier alpha value is -1.27. The van der Waals surface area contributed by atoms with Crippen molar-refractivity contribution in [2.75, 3.05) is 26.5 Å². The lowest BCUT2D eigenvalue weighted by Crippen LogP contribution is -2.31. The van der Waals surface area contributed by atoms with E-state index >= 15 is 0 Å². The lowest BCUT2D eigenvalue weighted by atomic mass is 9.88. The largest absolute Gasteiger partial charge is 0.493 e. The van der Waals surface area contributed by atoms with E-state index < -0.39 is 10.0 Å². The molecule has 0 saturated carbocycles. The number of rotatable bonds is 8. The summed E-state index contributed by atoms with van der Waals surface area (Å²) < 4.78 is 36.4. The average molecular weight is 315 g/mol. The van der Waals surface area contributed by atoms with Crippen LogP contribution in [-0.4, -0.2) is 34.9 Å². The highest BCUT2D eigenvalue weighted by atomic mass is 32.2. The van der Waals surface area contributed by atoms with Crippen molar-refractivity contribution in [3.8, 4) is 11.5 Å². The number of hydrogen-bond donors (Lipinski definition) is 1. The highest BCUT2D eigenvalue weighted by molar-refractivity contribution is 7.89. The maximum Gasteiger partial charge on any atom is 0.211 e. The monoisotopic (exact) mass is 315 g/mol. The molecule has 0 amide bonds. The number of hydrogen-bond acceptors (Lipinski definition) is 4. The molecule has 1 rings (SSSR count). The topological polar surface area (TPSA) is 64.6 Å². The van der Waals surface area contributed by atoms with E-state index in [0.717, 1.165) is 5.56 Å². The van der Waals surface area contributed by atoms with E-state index in [9.17, 15) is 8.42 Å². The molecule has 1 unspecified atom stereocenters. The first kappa shape index (κ1) is 17.8. The normalized spacial score (nSPS) is 13.2. The standard InChI is InChI=1S/C15H25NO4S/c1-6-21(17,18)16-10-13(11(2)3)12-7-8-14(19-4)15(9-12)20-5/h7-9,11,13,16H,6,10H2,1-5H3. The van der Waals surface area contributed by atoms with Gasteiger partial charge < -0.3 is 9.47 Å². The van der Waals surface area contributed by atoms with Crippen molar-refractivity contribution in [3.05, 3.63) is 23.8 Å². The number of methoxy groups -OCH3 is 2. The molecule has 120 valence electrons. The Morgan fingerprint density at radius 2 is 1.76 bits per heavy atom. The van der Waals surface area contributed by atoms with E-state index in [1.54, 1.807) is 21.1 Å². The summed E-state index contributed by atoms with van der Waals surface area (Å²) in [7, 11) is -0.0113. The molecule has 0 aliphatic rings. The first-order valence-corrected chi connectivity index (χ1v) is 8.69. The summed E-state index contributed by atoms with van der Waals surface area (Å²) in [6, 6.07) is 5.70. The molecule has 0 saturated heterocycles. The van der Waals surface area contributed by atoms with Gasteiger partial charge in [-0.3, -0.25) is 0 Å². The fourth-order valence-corrected chi connectivity index (χ4v) is 2.78. The smallest absolute Gasteiger partial charge is 0.211 e. The Kier molecular flexibility index (Phi) is 6.48. The quantitative estimate of drug-likeness (QED) is 0.800. The van der Waals surface area contributed by atoms with E-state index in [1.807, 2.05) is 18.2 Å². The maximum absolute atomic E-state index is 11.6. The molecular formula is C15H25NO4S. The van der Waals surface area contributed by atoms with Gasteiger partial charge in [0, 0.05) is 6.54 Å². The molecule has 0 aliphatic carbocycles. The van der Waals surface area contributed by atoms with Gasteiger partial charge >= 0.3 is 0 Å². The van der Waals surface area contributed by atoms with Gasteiger partial charge in [0.2, 0.25) is 10.0 Å². The minimum atomic E-state index is -3.19. The Labute approximate surface area is 127 Å². The third-order valence-corrected chi connectivity index (χ3v) is 4.91. The fourth-order valence-electron chi connectivity index (χ4n) is 2.14. The van der Waals surface area contributed by atoms with Crippen LogP contribution < -0.4 is 14.2 Å². The van der Waals surface area contributed by atoms with Gasteiger partial charge in [-0.25, -0.2) is 13.1 Å². The van der Waals surface area contributed by atoms with Crippen LogP contribution in [0.1, 0.15) is 32.3 Å². The van der Waals surface area contributed by atoms with Gasteiger partial charge in [0.1, 0.15) is 0 Å². The summed E-state index contributed by atoms with van der Waals surface area (Å²) in [5.74, 6) is 1.77. The molecule has 0 spiro atoms. The van der Waals surface area contributed by atoms with E-state index in [2.05, 4.69) is 18.6 Å². The molecule has 6 heteroatoms. The van der Waals surface area contributed by atoms with Crippen molar-refractivity contribution < 1.29 is 17.9 Å². The lowest BCUT2D eigenvalue weighted by molar-refractivity contribution is 0.353. The number of sulfonamides is 1. The first-order valence-electron chi connectivity index (χ1n) is 7.03. The molecule has 0 radical (unpaired) electrons. The SMILES string of the molecule is CCS(=O)(=O)NCC(c1ccc(OC)c(OC)c1)C(C)C. The Morgan fingerprint density at radius 3 is 2.24 bits per heavy atom. The van der Waals surface area contributed by atoms with Gasteiger partial charge in [0.15, 0.2) is 11.5 Å². The van der Waals surface area contributed by atoms with Crippen molar-refractivity contribution in [2.45, 2.75) is 26.7 Å². The number of nitrogens with one attached hydrogen (secondary N) is 1. The van der Waals surface area contributed by atoms with Crippen LogP contribution >= 0.6 is 0 Å². The zero-order valence-electron chi connectivity index (χ0n) is 13.3. The fraction of sp³-hybridized carbons (Fsp3) is 0.600. The highest BCUT2D eigenvalue weighted by Crippen LogP contribution is 2.33. The van der Waals surface area contributed by atoms with Crippen LogP contribution in [0.25, 0.3) is 0 Å². The molecule has 1 atom stereocenters. The van der Waals surface area contributed by atoms with Gasteiger partial charge in [-0.05, 0) is 36.5 Å². The Balaban J connectivity index is 3.01. The van der Waals surface area contributed by atoms with E-state index in [0.29, 0.717) is 24.0 Å². The predicted molar refractivity (Wildman–Crippen MR) is 84.6 cm³/mol. The molecular weight excluding hydrogens is 290 g/mol. The Morgan fingerprint density at radius 1 is 1.14 bits per heavy atom. The molecule has 0 aliphatic heterocycles. The Bertz CT molecular complexity index is 555. The zero-order valence-corrected chi connectivity index (χ0v) is 14.2. The second kappa shape index (κ2) is 7.66. The molecule has 0 fully saturated rings. The van der Waals surface area contributed by atoms with Crippen molar-refractivity contribution in [1.29, 1.82) is 0 Å². The maximum atomic E-state index is 11.6. The van der Waals surface area contributed by atoms with Crippen molar-refractivity contribution in [1.82, 2.24) is 4.72 Å². The van der Waals surface area contributed by atoms with E-state index in [-0.39, 0.29) is 11.7 Å². The minimum Gasteiger partial charge on any atom is -0.493 e. The molecule has 0 aromatic heterocycles. The van der Waals surface area contributed by atoms with Crippen molar-refractivity contribution in [3.63, 3.8) is 0 Å². The van der Waals surface area contributed by atoms with Crippen LogP contribution in [0.4, 0.5) is 0 Å². The van der Waals surface area contributed by atoms with Gasteiger partial charge in [-0.2, -0.15) is 0 Å². The van der Waals surface area contributed by atoms with Gasteiger partial charge in [-0.1, -0.05) is 19.9 Å². The molecule has 1 aromatic rings. The van der Waals surface area contributed by atoms with E-state index in [1.165, 1.54) is 0 Å². The van der Waals surface area contributed by atoms with E-state index in [4.69, 9.17) is 9.47 Å². The third kappa shape index (κ3) is 4.89. The highest BCUT2D eigenvalue weighted by Gasteiger charge is 2.20. The number of benzene rings is 1. The summed E-state index contributed by atoms with van der Waals surface area (Å²) in [5.41, 5.74) is 1.03. The van der Waals surface area contributed by atoms with Crippen LogP contribution in [0.15, 0.2) is 18.2 Å². The molecule has 5 nitrogen and oxygen atoms in total. The third-order valence-electron chi connectivity index (χ3n) is 3.54.